The third-order valence-corrected chi connectivity index (χ3v) is 7.81. The van der Waals surface area contributed by atoms with E-state index in [0.29, 0.717) is 16.1 Å². The van der Waals surface area contributed by atoms with Crippen LogP contribution in [0.4, 0.5) is 10.1 Å². The van der Waals surface area contributed by atoms with E-state index in [2.05, 4.69) is 32.9 Å². The average Bonchev–Trinajstić information content (AvgIpc) is 2.67. The summed E-state index contributed by atoms with van der Waals surface area (Å²) in [6.45, 7) is 4.16. The van der Waals surface area contributed by atoms with Crippen LogP contribution in [0.1, 0.15) is 43.5 Å². The molecule has 0 saturated heterocycles. The lowest BCUT2D eigenvalue weighted by Crippen LogP contribution is -2.43. The summed E-state index contributed by atoms with van der Waals surface area (Å²) in [5.41, 5.74) is 0.141. The van der Waals surface area contributed by atoms with Crippen LogP contribution in [0.3, 0.4) is 0 Å². The predicted molar refractivity (Wildman–Crippen MR) is 115 cm³/mol. The third kappa shape index (κ3) is 5.05. The van der Waals surface area contributed by atoms with Crippen LogP contribution in [-0.2, 0) is 10.0 Å². The van der Waals surface area contributed by atoms with Crippen LogP contribution in [0.2, 0.25) is 0 Å². The summed E-state index contributed by atoms with van der Waals surface area (Å²) < 4.78 is 43.4. The van der Waals surface area contributed by atoms with Crippen molar-refractivity contribution in [2.45, 2.75) is 44.0 Å². The average molecular weight is 483 g/mol. The Morgan fingerprint density at radius 1 is 1.14 bits per heavy atom. The molecule has 2 aromatic rings. The smallest absolute Gasteiger partial charge is 0.258 e. The molecule has 0 radical (unpaired) electrons. The number of carbonyl (C=O) groups is 1. The minimum absolute atomic E-state index is 0.124. The van der Waals surface area contributed by atoms with E-state index < -0.39 is 21.7 Å². The maximum Gasteiger partial charge on any atom is 0.258 e. The van der Waals surface area contributed by atoms with Crippen molar-refractivity contribution in [1.82, 2.24) is 4.72 Å². The quantitative estimate of drug-likeness (QED) is 0.633. The zero-order valence-electron chi connectivity index (χ0n) is 16.3. The van der Waals surface area contributed by atoms with Gasteiger partial charge in [-0.05, 0) is 64.5 Å². The Labute approximate surface area is 179 Å². The van der Waals surface area contributed by atoms with Gasteiger partial charge in [0.25, 0.3) is 5.91 Å². The van der Waals surface area contributed by atoms with Crippen molar-refractivity contribution in [3.8, 4) is 0 Å². The number of nitrogens with one attached hydrogen (secondary N) is 2. The molecule has 0 heterocycles. The molecule has 1 fully saturated rings. The van der Waals surface area contributed by atoms with E-state index in [9.17, 15) is 17.6 Å². The second kappa shape index (κ2) is 8.93. The molecule has 3 atom stereocenters. The number of anilines is 1. The third-order valence-electron chi connectivity index (χ3n) is 5.63. The fourth-order valence-electron chi connectivity index (χ4n) is 3.61. The summed E-state index contributed by atoms with van der Waals surface area (Å²) in [7, 11) is -3.88. The Balaban J connectivity index is 1.84. The maximum atomic E-state index is 14.3. The lowest BCUT2D eigenvalue weighted by atomic mass is 9.78. The molecular weight excluding hydrogens is 459 g/mol. The number of sulfonamides is 1. The molecule has 1 amide bonds. The lowest BCUT2D eigenvalue weighted by Gasteiger charge is -2.34. The van der Waals surface area contributed by atoms with Crippen molar-refractivity contribution in [1.29, 1.82) is 0 Å². The molecule has 1 saturated carbocycles. The zero-order valence-corrected chi connectivity index (χ0v) is 18.7. The van der Waals surface area contributed by atoms with Crippen molar-refractivity contribution in [3.63, 3.8) is 0 Å². The molecule has 0 bridgehead atoms. The Morgan fingerprint density at radius 2 is 1.86 bits per heavy atom. The normalized spacial score (nSPS) is 22.3. The number of benzene rings is 2. The van der Waals surface area contributed by atoms with Crippen LogP contribution in [-0.4, -0.2) is 20.4 Å². The van der Waals surface area contributed by atoms with Crippen LogP contribution in [0.25, 0.3) is 0 Å². The molecular formula is C21H24BrFN2O3S. The van der Waals surface area contributed by atoms with Crippen molar-refractivity contribution in [3.05, 3.63) is 58.3 Å². The molecule has 156 valence electrons. The molecule has 5 nitrogen and oxygen atoms in total. The number of hydrogen-bond acceptors (Lipinski definition) is 3. The van der Waals surface area contributed by atoms with Gasteiger partial charge >= 0.3 is 0 Å². The van der Waals surface area contributed by atoms with Crippen molar-refractivity contribution in [2.24, 2.45) is 11.8 Å². The van der Waals surface area contributed by atoms with E-state index in [-0.39, 0.29) is 22.4 Å². The van der Waals surface area contributed by atoms with Gasteiger partial charge in [0, 0.05) is 10.5 Å². The minimum atomic E-state index is -3.88. The number of halogens is 2. The summed E-state index contributed by atoms with van der Waals surface area (Å²) in [4.78, 5) is 12.4. The molecule has 0 aliphatic heterocycles. The van der Waals surface area contributed by atoms with Crippen molar-refractivity contribution >= 4 is 37.5 Å². The van der Waals surface area contributed by atoms with Crippen LogP contribution >= 0.6 is 15.9 Å². The van der Waals surface area contributed by atoms with Crippen LogP contribution < -0.4 is 10.0 Å². The Kier molecular flexibility index (Phi) is 6.76. The predicted octanol–water partition coefficient (Wildman–Crippen LogP) is 4.94. The van der Waals surface area contributed by atoms with Gasteiger partial charge in [-0.25, -0.2) is 17.5 Å². The summed E-state index contributed by atoms with van der Waals surface area (Å²) in [6, 6.07) is 10.0. The van der Waals surface area contributed by atoms with E-state index in [1.807, 2.05) is 6.92 Å². The summed E-state index contributed by atoms with van der Waals surface area (Å²) in [5, 5.41) is 2.60. The van der Waals surface area contributed by atoms with Gasteiger partial charge in [-0.15, -0.1) is 0 Å². The summed E-state index contributed by atoms with van der Waals surface area (Å²) in [6.07, 6.45) is 2.80. The van der Waals surface area contributed by atoms with E-state index in [1.54, 1.807) is 24.3 Å². The standard InChI is InChI=1S/C21H24BrFN2O3S/c1-13-6-5-9-19(14(13)2)25-29(27,28)15-10-11-18(23)16(12-15)21(26)24-20-8-4-3-7-17(20)22/h3-4,7-8,10-14,19,25H,5-6,9H2,1-2H3,(H,24,26)/t13-,14+,19-/m1/s1. The summed E-state index contributed by atoms with van der Waals surface area (Å²) in [5.74, 6) is -0.869. The second-order valence-electron chi connectivity index (χ2n) is 7.57. The highest BCUT2D eigenvalue weighted by Gasteiger charge is 2.31. The topological polar surface area (TPSA) is 75.3 Å². The van der Waals surface area contributed by atoms with Crippen LogP contribution in [0.5, 0.6) is 0 Å². The number of rotatable bonds is 5. The summed E-state index contributed by atoms with van der Waals surface area (Å²) >= 11 is 3.31. The minimum Gasteiger partial charge on any atom is -0.321 e. The first kappa shape index (κ1) is 21.9. The largest absolute Gasteiger partial charge is 0.321 e. The number of carbonyl (C=O) groups excluding carboxylic acids is 1. The first-order chi connectivity index (χ1) is 13.7. The number of amides is 1. The van der Waals surface area contributed by atoms with Crippen molar-refractivity contribution in [2.75, 3.05) is 5.32 Å². The fourth-order valence-corrected chi connectivity index (χ4v) is 5.38. The molecule has 3 rings (SSSR count). The molecule has 1 aliphatic rings. The van der Waals surface area contributed by atoms with E-state index in [4.69, 9.17) is 0 Å². The first-order valence-corrected chi connectivity index (χ1v) is 11.8. The highest BCUT2D eigenvalue weighted by molar-refractivity contribution is 9.10. The molecule has 2 N–H and O–H groups in total. The Morgan fingerprint density at radius 3 is 2.59 bits per heavy atom. The number of hydrogen-bond donors (Lipinski definition) is 2. The van der Waals surface area contributed by atoms with Crippen LogP contribution in [0, 0.1) is 17.7 Å². The van der Waals surface area contributed by atoms with Crippen molar-refractivity contribution < 1.29 is 17.6 Å². The van der Waals surface area contributed by atoms with Crippen LogP contribution in [0.15, 0.2) is 51.8 Å². The van der Waals surface area contributed by atoms with Gasteiger partial charge in [-0.3, -0.25) is 4.79 Å². The zero-order chi connectivity index (χ0) is 21.2. The van der Waals surface area contributed by atoms with Gasteiger partial charge in [-0.2, -0.15) is 0 Å². The highest BCUT2D eigenvalue weighted by atomic mass is 79.9. The Bertz CT molecular complexity index is 1010. The molecule has 1 aliphatic carbocycles. The van der Waals surface area contributed by atoms with E-state index in [0.717, 1.165) is 31.4 Å². The fraction of sp³-hybridized carbons (Fsp3) is 0.381. The number of para-hydroxylation sites is 1. The molecule has 2 aromatic carbocycles. The van der Waals surface area contributed by atoms with Gasteiger partial charge in [0.05, 0.1) is 16.1 Å². The van der Waals surface area contributed by atoms with E-state index >= 15 is 0 Å². The highest BCUT2D eigenvalue weighted by Crippen LogP contribution is 2.30. The van der Waals surface area contributed by atoms with Gasteiger partial charge in [0.2, 0.25) is 10.0 Å². The molecule has 29 heavy (non-hydrogen) atoms. The molecule has 0 unspecified atom stereocenters. The lowest BCUT2D eigenvalue weighted by molar-refractivity contribution is 0.102. The monoisotopic (exact) mass is 482 g/mol. The molecule has 0 spiro atoms. The Hall–Kier alpha value is -1.77. The van der Waals surface area contributed by atoms with E-state index in [1.165, 1.54) is 6.07 Å². The second-order valence-corrected chi connectivity index (χ2v) is 10.1. The van der Waals surface area contributed by atoms with Gasteiger partial charge in [0.15, 0.2) is 0 Å². The van der Waals surface area contributed by atoms with Gasteiger partial charge < -0.3 is 5.32 Å². The van der Waals surface area contributed by atoms with Gasteiger partial charge in [0.1, 0.15) is 5.82 Å². The molecule has 0 aromatic heterocycles. The SMILES string of the molecule is C[C@H]1[C@H](C)CCC[C@H]1NS(=O)(=O)c1ccc(F)c(C(=O)Nc2ccccc2Br)c1. The molecule has 8 heteroatoms. The van der Waals surface area contributed by atoms with Gasteiger partial charge in [-0.1, -0.05) is 38.8 Å². The maximum absolute atomic E-state index is 14.3. The first-order valence-electron chi connectivity index (χ1n) is 9.57.